The zero-order valence-electron chi connectivity index (χ0n) is 11.5. The lowest BCUT2D eigenvalue weighted by molar-refractivity contribution is -0.146. The molecule has 1 rings (SSSR count). The van der Waals surface area contributed by atoms with Crippen molar-refractivity contribution in [2.45, 2.75) is 24.7 Å². The minimum Gasteiger partial charge on any atom is -0.481 e. The standard InChI is InChI=1S/C12H14N2O8/c1-14-10(6(12(21)22)3-9(17)18)7(4-13-14)5(11(19)20)2-8(15)16/h4-6H,2-3H2,1H3,(H,15,16)(H,17,18)(H,19,20)(H,21,22). The van der Waals surface area contributed by atoms with Gasteiger partial charge in [0.05, 0.1) is 30.7 Å². The Bertz CT molecular complexity index is 621. The van der Waals surface area contributed by atoms with E-state index in [1.165, 1.54) is 7.05 Å². The summed E-state index contributed by atoms with van der Waals surface area (Å²) in [5.74, 6) is -8.74. The van der Waals surface area contributed by atoms with E-state index in [1.54, 1.807) is 0 Å². The van der Waals surface area contributed by atoms with Crippen LogP contribution in [0.3, 0.4) is 0 Å². The number of rotatable bonds is 8. The van der Waals surface area contributed by atoms with Crippen molar-refractivity contribution in [3.8, 4) is 0 Å². The van der Waals surface area contributed by atoms with Crippen LogP contribution >= 0.6 is 0 Å². The summed E-state index contributed by atoms with van der Waals surface area (Å²) in [5.41, 5.74) is -0.255. The zero-order valence-corrected chi connectivity index (χ0v) is 11.5. The summed E-state index contributed by atoms with van der Waals surface area (Å²) < 4.78 is 1.05. The monoisotopic (exact) mass is 314 g/mol. The molecule has 1 heterocycles. The second kappa shape index (κ2) is 6.70. The maximum Gasteiger partial charge on any atom is 0.313 e. The molecule has 0 aliphatic rings. The highest BCUT2D eigenvalue weighted by atomic mass is 16.4. The topological polar surface area (TPSA) is 167 Å². The van der Waals surface area contributed by atoms with Gasteiger partial charge in [-0.3, -0.25) is 23.9 Å². The smallest absolute Gasteiger partial charge is 0.313 e. The van der Waals surface area contributed by atoms with E-state index in [0.717, 1.165) is 10.9 Å². The molecule has 1 aromatic rings. The fourth-order valence-electron chi connectivity index (χ4n) is 2.14. The Kier molecular flexibility index (Phi) is 5.22. The number of carbonyl (C=O) groups is 4. The molecule has 0 bridgehead atoms. The van der Waals surface area contributed by atoms with Gasteiger partial charge >= 0.3 is 23.9 Å². The third kappa shape index (κ3) is 3.81. The van der Waals surface area contributed by atoms with Crippen LogP contribution in [0.15, 0.2) is 6.20 Å². The first kappa shape index (κ1) is 17.1. The second-order valence-corrected chi connectivity index (χ2v) is 4.59. The van der Waals surface area contributed by atoms with Crippen LogP contribution in [0, 0.1) is 0 Å². The highest BCUT2D eigenvalue weighted by molar-refractivity contribution is 5.85. The highest BCUT2D eigenvalue weighted by Gasteiger charge is 2.34. The van der Waals surface area contributed by atoms with Crippen LogP contribution in [0.1, 0.15) is 35.9 Å². The van der Waals surface area contributed by atoms with Crippen LogP contribution in [-0.2, 0) is 26.2 Å². The largest absolute Gasteiger partial charge is 0.481 e. The summed E-state index contributed by atoms with van der Waals surface area (Å²) in [6.07, 6.45) is -0.496. The van der Waals surface area contributed by atoms with Crippen molar-refractivity contribution in [2.75, 3.05) is 0 Å². The molecule has 22 heavy (non-hydrogen) atoms. The van der Waals surface area contributed by atoms with Gasteiger partial charge in [0, 0.05) is 12.6 Å². The summed E-state index contributed by atoms with van der Waals surface area (Å²) in [4.78, 5) is 44.1. The molecule has 0 aliphatic carbocycles. The first-order valence-corrected chi connectivity index (χ1v) is 6.06. The van der Waals surface area contributed by atoms with Crippen molar-refractivity contribution in [3.63, 3.8) is 0 Å². The van der Waals surface area contributed by atoms with Gasteiger partial charge in [-0.2, -0.15) is 5.10 Å². The van der Waals surface area contributed by atoms with Crippen molar-refractivity contribution >= 4 is 23.9 Å². The maximum atomic E-state index is 11.3. The minimum atomic E-state index is -1.53. The van der Waals surface area contributed by atoms with E-state index in [-0.39, 0.29) is 11.3 Å². The van der Waals surface area contributed by atoms with Crippen LogP contribution < -0.4 is 0 Å². The van der Waals surface area contributed by atoms with Crippen molar-refractivity contribution in [2.24, 2.45) is 7.05 Å². The second-order valence-electron chi connectivity index (χ2n) is 4.59. The van der Waals surface area contributed by atoms with Crippen LogP contribution in [0.25, 0.3) is 0 Å². The lowest BCUT2D eigenvalue weighted by Gasteiger charge is -2.16. The molecule has 2 atom stereocenters. The van der Waals surface area contributed by atoms with Crippen LogP contribution in [0.4, 0.5) is 0 Å². The molecule has 0 saturated carbocycles. The Morgan fingerprint density at radius 1 is 1.00 bits per heavy atom. The molecule has 0 spiro atoms. The number of nitrogens with zero attached hydrogens (tertiary/aromatic N) is 2. The molecule has 10 nitrogen and oxygen atoms in total. The van der Waals surface area contributed by atoms with Gasteiger partial charge in [0.2, 0.25) is 0 Å². The first-order valence-electron chi connectivity index (χ1n) is 6.06. The quantitative estimate of drug-likeness (QED) is 0.503. The molecule has 10 heteroatoms. The van der Waals surface area contributed by atoms with Gasteiger partial charge in [0.15, 0.2) is 0 Å². The third-order valence-corrected chi connectivity index (χ3v) is 3.07. The van der Waals surface area contributed by atoms with Gasteiger partial charge in [0.1, 0.15) is 5.92 Å². The lowest BCUT2D eigenvalue weighted by Crippen LogP contribution is -2.23. The number of hydrogen-bond acceptors (Lipinski definition) is 5. The average molecular weight is 314 g/mol. The molecule has 0 fully saturated rings. The molecular formula is C12H14N2O8. The van der Waals surface area contributed by atoms with E-state index >= 15 is 0 Å². The van der Waals surface area contributed by atoms with E-state index < -0.39 is 48.6 Å². The third-order valence-electron chi connectivity index (χ3n) is 3.07. The predicted molar refractivity (Wildman–Crippen MR) is 68.5 cm³/mol. The van der Waals surface area contributed by atoms with E-state index in [9.17, 15) is 24.3 Å². The van der Waals surface area contributed by atoms with Crippen LogP contribution in [0.2, 0.25) is 0 Å². The minimum absolute atomic E-state index is 0.119. The number of carboxylic acid groups (broad SMARTS) is 4. The number of aromatic nitrogens is 2. The van der Waals surface area contributed by atoms with E-state index in [2.05, 4.69) is 5.10 Å². The molecule has 0 aromatic carbocycles. The highest BCUT2D eigenvalue weighted by Crippen LogP contribution is 2.31. The molecule has 0 aliphatic heterocycles. The summed E-state index contributed by atoms with van der Waals surface area (Å²) in [7, 11) is 1.33. The fraction of sp³-hybridized carbons (Fsp3) is 0.417. The number of aliphatic carboxylic acids is 4. The normalized spacial score (nSPS) is 13.3. The average Bonchev–Trinajstić information content (AvgIpc) is 2.73. The molecule has 4 N–H and O–H groups in total. The number of carboxylic acids is 4. The Balaban J connectivity index is 3.38. The Labute approximate surface area is 123 Å². The molecule has 1 aromatic heterocycles. The Morgan fingerprint density at radius 2 is 1.45 bits per heavy atom. The summed E-state index contributed by atoms with van der Waals surface area (Å²) in [5, 5.41) is 39.7. The van der Waals surface area contributed by atoms with Crippen molar-refractivity contribution < 1.29 is 39.6 Å². The SMILES string of the molecule is Cn1ncc(C(CC(=O)O)C(=O)O)c1C(CC(=O)O)C(=O)O. The van der Waals surface area contributed by atoms with E-state index in [0.29, 0.717) is 0 Å². The van der Waals surface area contributed by atoms with Gasteiger partial charge < -0.3 is 20.4 Å². The van der Waals surface area contributed by atoms with Crippen LogP contribution in [-0.4, -0.2) is 54.1 Å². The predicted octanol–water partition coefficient (Wildman–Crippen LogP) is -0.294. The first-order chi connectivity index (χ1) is 10.1. The van der Waals surface area contributed by atoms with E-state index in [4.69, 9.17) is 15.3 Å². The van der Waals surface area contributed by atoms with Gasteiger partial charge in [-0.25, -0.2) is 0 Å². The van der Waals surface area contributed by atoms with Crippen molar-refractivity contribution in [3.05, 3.63) is 17.5 Å². The van der Waals surface area contributed by atoms with Gasteiger partial charge in [-0.1, -0.05) is 0 Å². The summed E-state index contributed by atoms with van der Waals surface area (Å²) >= 11 is 0. The van der Waals surface area contributed by atoms with Crippen LogP contribution in [0.5, 0.6) is 0 Å². The fourth-order valence-corrected chi connectivity index (χ4v) is 2.14. The molecule has 0 radical (unpaired) electrons. The summed E-state index contributed by atoms with van der Waals surface area (Å²) in [6.45, 7) is 0. The molecular weight excluding hydrogens is 300 g/mol. The molecule has 0 amide bonds. The molecule has 120 valence electrons. The lowest BCUT2D eigenvalue weighted by atomic mass is 9.89. The molecule has 2 unspecified atom stereocenters. The molecule has 0 saturated heterocycles. The number of aryl methyl sites for hydroxylation is 1. The van der Waals surface area contributed by atoms with Crippen molar-refractivity contribution in [1.82, 2.24) is 9.78 Å². The number of hydrogen-bond donors (Lipinski definition) is 4. The summed E-state index contributed by atoms with van der Waals surface area (Å²) in [6, 6.07) is 0. The van der Waals surface area contributed by atoms with Crippen molar-refractivity contribution in [1.29, 1.82) is 0 Å². The van der Waals surface area contributed by atoms with Gasteiger partial charge in [-0.15, -0.1) is 0 Å². The van der Waals surface area contributed by atoms with Gasteiger partial charge in [-0.05, 0) is 0 Å². The Morgan fingerprint density at radius 3 is 1.86 bits per heavy atom. The Hall–Kier alpha value is -2.91. The zero-order chi connectivity index (χ0) is 17.0. The van der Waals surface area contributed by atoms with E-state index in [1.807, 2.05) is 0 Å². The van der Waals surface area contributed by atoms with Gasteiger partial charge in [0.25, 0.3) is 0 Å². The maximum absolute atomic E-state index is 11.3.